The van der Waals surface area contributed by atoms with Crippen LogP contribution >= 0.6 is 23.1 Å². The number of amides is 1. The maximum Gasteiger partial charge on any atom is 0.236 e. The summed E-state index contributed by atoms with van der Waals surface area (Å²) in [5, 5.41) is 3.67. The second-order valence-corrected chi connectivity index (χ2v) is 7.46. The van der Waals surface area contributed by atoms with Gasteiger partial charge >= 0.3 is 0 Å². The lowest BCUT2D eigenvalue weighted by atomic mass is 10.1. The fourth-order valence-electron chi connectivity index (χ4n) is 2.35. The first kappa shape index (κ1) is 14.6. The molecule has 0 atom stereocenters. The summed E-state index contributed by atoms with van der Waals surface area (Å²) in [7, 11) is 0. The first-order chi connectivity index (χ1) is 10.1. The van der Waals surface area contributed by atoms with Crippen molar-refractivity contribution in [3.05, 3.63) is 39.9 Å². The highest BCUT2D eigenvalue weighted by molar-refractivity contribution is 8.00. The van der Waals surface area contributed by atoms with Crippen molar-refractivity contribution >= 4 is 34.1 Å². The molecular weight excluding hydrogens is 300 g/mol. The van der Waals surface area contributed by atoms with Gasteiger partial charge in [0.1, 0.15) is 0 Å². The minimum atomic E-state index is 0.0191. The van der Waals surface area contributed by atoms with E-state index in [0.717, 1.165) is 22.9 Å². The Kier molecular flexibility index (Phi) is 4.31. The third-order valence-corrected chi connectivity index (χ3v) is 5.76. The summed E-state index contributed by atoms with van der Waals surface area (Å²) in [4.78, 5) is 19.0. The minimum Gasteiger partial charge on any atom is -0.301 e. The zero-order valence-electron chi connectivity index (χ0n) is 12.2. The van der Waals surface area contributed by atoms with E-state index < -0.39 is 0 Å². The predicted molar refractivity (Wildman–Crippen MR) is 89.4 cm³/mol. The molecule has 1 N–H and O–H groups in total. The van der Waals surface area contributed by atoms with Gasteiger partial charge in [-0.2, -0.15) is 0 Å². The van der Waals surface area contributed by atoms with Crippen molar-refractivity contribution < 1.29 is 4.79 Å². The first-order valence-electron chi connectivity index (χ1n) is 7.10. The molecule has 1 aliphatic carbocycles. The third-order valence-electron chi connectivity index (χ3n) is 3.69. The molecule has 1 aliphatic rings. The van der Waals surface area contributed by atoms with Crippen LogP contribution in [0.3, 0.4) is 0 Å². The predicted octanol–water partition coefficient (Wildman–Crippen LogP) is 3.98. The number of fused-ring (bicyclic) bond motifs is 1. The van der Waals surface area contributed by atoms with Gasteiger partial charge in [0.05, 0.1) is 11.4 Å². The van der Waals surface area contributed by atoms with Crippen molar-refractivity contribution in [3.63, 3.8) is 0 Å². The van der Waals surface area contributed by atoms with Crippen LogP contribution in [0.2, 0.25) is 0 Å². The van der Waals surface area contributed by atoms with Crippen LogP contribution in [0, 0.1) is 13.8 Å². The van der Waals surface area contributed by atoms with Gasteiger partial charge in [-0.05, 0) is 56.4 Å². The van der Waals surface area contributed by atoms with Crippen LogP contribution in [0.5, 0.6) is 0 Å². The molecule has 0 radical (unpaired) electrons. The lowest BCUT2D eigenvalue weighted by Crippen LogP contribution is -2.13. The smallest absolute Gasteiger partial charge is 0.236 e. The molecule has 0 fully saturated rings. The van der Waals surface area contributed by atoms with E-state index in [4.69, 9.17) is 0 Å². The maximum atomic E-state index is 12.0. The zero-order chi connectivity index (χ0) is 14.8. The number of rotatable bonds is 4. The fraction of sp³-hybridized carbons (Fsp3) is 0.375. The number of carbonyl (C=O) groups is 1. The molecule has 1 aromatic heterocycles. The summed E-state index contributed by atoms with van der Waals surface area (Å²) < 4.78 is 0. The largest absolute Gasteiger partial charge is 0.301 e. The lowest BCUT2D eigenvalue weighted by molar-refractivity contribution is -0.113. The van der Waals surface area contributed by atoms with Crippen molar-refractivity contribution in [1.29, 1.82) is 0 Å². The van der Waals surface area contributed by atoms with Crippen LogP contribution in [0.25, 0.3) is 0 Å². The second kappa shape index (κ2) is 6.20. The molecule has 0 saturated heterocycles. The zero-order valence-corrected chi connectivity index (χ0v) is 13.9. The van der Waals surface area contributed by atoms with Crippen molar-refractivity contribution in [2.75, 3.05) is 11.1 Å². The summed E-state index contributed by atoms with van der Waals surface area (Å²) in [6.07, 6.45) is 3.37. The fourth-order valence-corrected chi connectivity index (χ4v) is 4.21. The molecule has 0 saturated carbocycles. The van der Waals surface area contributed by atoms with E-state index in [1.54, 1.807) is 23.1 Å². The van der Waals surface area contributed by atoms with Crippen LogP contribution in [-0.4, -0.2) is 16.6 Å². The standard InChI is InChI=1S/C16H18N2OS2/c1-10-6-7-12(8-11(10)2)20-9-15(19)18-16-17-13-4-3-5-14(13)21-16/h6-8H,3-5,9H2,1-2H3,(H,17,18,19). The topological polar surface area (TPSA) is 42.0 Å². The van der Waals surface area contributed by atoms with Crippen molar-refractivity contribution in [1.82, 2.24) is 4.98 Å². The van der Waals surface area contributed by atoms with Crippen LogP contribution in [-0.2, 0) is 17.6 Å². The molecule has 1 aromatic carbocycles. The average Bonchev–Trinajstić information content (AvgIpc) is 3.01. The van der Waals surface area contributed by atoms with Gasteiger partial charge in [-0.25, -0.2) is 4.98 Å². The van der Waals surface area contributed by atoms with Crippen LogP contribution in [0.15, 0.2) is 23.1 Å². The van der Waals surface area contributed by atoms with Crippen LogP contribution < -0.4 is 5.32 Å². The summed E-state index contributed by atoms with van der Waals surface area (Å²) >= 11 is 3.19. The van der Waals surface area contributed by atoms with E-state index in [9.17, 15) is 4.79 Å². The highest BCUT2D eigenvalue weighted by Gasteiger charge is 2.17. The maximum absolute atomic E-state index is 12.0. The number of benzene rings is 1. The number of nitrogens with one attached hydrogen (secondary N) is 1. The number of thioether (sulfide) groups is 1. The lowest BCUT2D eigenvalue weighted by Gasteiger charge is -2.05. The van der Waals surface area contributed by atoms with Gasteiger partial charge in [-0.3, -0.25) is 4.79 Å². The summed E-state index contributed by atoms with van der Waals surface area (Å²) in [5.74, 6) is 0.442. The molecule has 3 rings (SSSR count). The molecule has 1 amide bonds. The van der Waals surface area contributed by atoms with E-state index in [0.29, 0.717) is 5.75 Å². The van der Waals surface area contributed by atoms with Gasteiger partial charge in [0.25, 0.3) is 0 Å². The Morgan fingerprint density at radius 3 is 2.95 bits per heavy atom. The molecule has 0 unspecified atom stereocenters. The Bertz CT molecular complexity index is 657. The van der Waals surface area contributed by atoms with Crippen molar-refractivity contribution in [2.45, 2.75) is 38.0 Å². The summed E-state index contributed by atoms with van der Waals surface area (Å²) in [6.45, 7) is 4.19. The van der Waals surface area contributed by atoms with Gasteiger partial charge in [0.15, 0.2) is 5.13 Å². The number of hydrogen-bond acceptors (Lipinski definition) is 4. The minimum absolute atomic E-state index is 0.0191. The Hall–Kier alpha value is -1.33. The van der Waals surface area contributed by atoms with Gasteiger partial charge in [-0.1, -0.05) is 6.07 Å². The molecule has 0 aliphatic heterocycles. The van der Waals surface area contributed by atoms with Crippen molar-refractivity contribution in [2.24, 2.45) is 0 Å². The monoisotopic (exact) mass is 318 g/mol. The molecule has 21 heavy (non-hydrogen) atoms. The van der Waals surface area contributed by atoms with Gasteiger partial charge in [0.2, 0.25) is 5.91 Å². The quantitative estimate of drug-likeness (QED) is 0.867. The number of aromatic nitrogens is 1. The molecule has 3 nitrogen and oxygen atoms in total. The van der Waals surface area contributed by atoms with E-state index >= 15 is 0 Å². The van der Waals surface area contributed by atoms with Gasteiger partial charge in [-0.15, -0.1) is 23.1 Å². The molecule has 2 aromatic rings. The highest BCUT2D eigenvalue weighted by Crippen LogP contribution is 2.30. The van der Waals surface area contributed by atoms with Gasteiger partial charge in [0, 0.05) is 9.77 Å². The Labute approximate surface area is 133 Å². The third kappa shape index (κ3) is 3.47. The number of aryl methyl sites for hydroxylation is 4. The second-order valence-electron chi connectivity index (χ2n) is 5.33. The molecule has 0 bridgehead atoms. The Morgan fingerprint density at radius 2 is 2.19 bits per heavy atom. The highest BCUT2D eigenvalue weighted by atomic mass is 32.2. The number of hydrogen-bond donors (Lipinski definition) is 1. The SMILES string of the molecule is Cc1ccc(SCC(=O)Nc2nc3c(s2)CCC3)cc1C. The van der Waals surface area contributed by atoms with Crippen LogP contribution in [0.1, 0.15) is 28.1 Å². The van der Waals surface area contributed by atoms with E-state index in [1.165, 1.54) is 28.1 Å². The van der Waals surface area contributed by atoms with E-state index in [-0.39, 0.29) is 5.91 Å². The Morgan fingerprint density at radius 1 is 1.33 bits per heavy atom. The summed E-state index contributed by atoms with van der Waals surface area (Å²) in [6, 6.07) is 6.30. The Balaban J connectivity index is 1.55. The molecule has 1 heterocycles. The first-order valence-corrected chi connectivity index (χ1v) is 8.90. The molecule has 0 spiro atoms. The van der Waals surface area contributed by atoms with E-state index in [2.05, 4.69) is 42.3 Å². The molecule has 110 valence electrons. The van der Waals surface area contributed by atoms with Gasteiger partial charge < -0.3 is 5.32 Å². The molecule has 5 heteroatoms. The van der Waals surface area contributed by atoms with E-state index in [1.807, 2.05) is 0 Å². The number of thiazole rings is 1. The number of anilines is 1. The number of nitrogens with zero attached hydrogens (tertiary/aromatic N) is 1. The summed E-state index contributed by atoms with van der Waals surface area (Å²) in [5.41, 5.74) is 3.72. The van der Waals surface area contributed by atoms with Crippen LogP contribution in [0.4, 0.5) is 5.13 Å². The molecular formula is C16H18N2OS2. The van der Waals surface area contributed by atoms with Crippen molar-refractivity contribution in [3.8, 4) is 0 Å². The average molecular weight is 318 g/mol. The normalized spacial score (nSPS) is 13.2. The number of carbonyl (C=O) groups excluding carboxylic acids is 1.